The van der Waals surface area contributed by atoms with E-state index in [0.717, 1.165) is 24.6 Å². The Morgan fingerprint density at radius 2 is 2.26 bits per heavy atom. The molecule has 0 aliphatic carbocycles. The third-order valence-corrected chi connectivity index (χ3v) is 4.00. The van der Waals surface area contributed by atoms with Gasteiger partial charge >= 0.3 is 0 Å². The van der Waals surface area contributed by atoms with Crippen molar-refractivity contribution in [2.75, 3.05) is 44.4 Å². The molecular weight excluding hydrogens is 241 g/mol. The largest absolute Gasteiger partial charge is 0.397 e. The lowest BCUT2D eigenvalue weighted by atomic mass is 9.95. The molecule has 3 nitrogen and oxygen atoms in total. The van der Waals surface area contributed by atoms with Crippen LogP contribution in [-0.4, -0.2) is 38.6 Å². The van der Waals surface area contributed by atoms with E-state index in [0.29, 0.717) is 5.69 Å². The first-order chi connectivity index (χ1) is 9.06. The first kappa shape index (κ1) is 14.1. The summed E-state index contributed by atoms with van der Waals surface area (Å²) in [6.07, 6.45) is 3.78. The summed E-state index contributed by atoms with van der Waals surface area (Å²) >= 11 is 0. The first-order valence-electron chi connectivity index (χ1n) is 7.01. The van der Waals surface area contributed by atoms with Crippen molar-refractivity contribution in [2.45, 2.75) is 19.3 Å². The number of nitrogen functional groups attached to an aromatic ring is 1. The lowest BCUT2D eigenvalue weighted by Gasteiger charge is -2.31. The van der Waals surface area contributed by atoms with Gasteiger partial charge in [-0.2, -0.15) is 0 Å². The van der Waals surface area contributed by atoms with Crippen LogP contribution in [0.5, 0.6) is 0 Å². The summed E-state index contributed by atoms with van der Waals surface area (Å²) in [4.78, 5) is 4.53. The van der Waals surface area contributed by atoms with Crippen LogP contribution in [0.15, 0.2) is 18.2 Å². The molecule has 2 rings (SSSR count). The van der Waals surface area contributed by atoms with Gasteiger partial charge in [-0.05, 0) is 57.0 Å². The van der Waals surface area contributed by atoms with Crippen molar-refractivity contribution >= 4 is 11.4 Å². The molecule has 0 saturated carbocycles. The number of rotatable bonds is 4. The fourth-order valence-electron chi connectivity index (χ4n) is 2.88. The number of benzene rings is 1. The molecule has 106 valence electrons. The van der Waals surface area contributed by atoms with E-state index in [9.17, 15) is 4.39 Å². The zero-order chi connectivity index (χ0) is 13.8. The van der Waals surface area contributed by atoms with Crippen LogP contribution < -0.4 is 10.6 Å². The van der Waals surface area contributed by atoms with Gasteiger partial charge in [-0.15, -0.1) is 0 Å². The summed E-state index contributed by atoms with van der Waals surface area (Å²) in [6, 6.07) is 4.62. The number of nitrogens with two attached hydrogens (primary N) is 1. The third kappa shape index (κ3) is 3.83. The van der Waals surface area contributed by atoms with Crippen LogP contribution in [0.3, 0.4) is 0 Å². The molecule has 19 heavy (non-hydrogen) atoms. The average molecular weight is 265 g/mol. The summed E-state index contributed by atoms with van der Waals surface area (Å²) in [6.45, 7) is 3.37. The van der Waals surface area contributed by atoms with Crippen molar-refractivity contribution < 1.29 is 4.39 Å². The first-order valence-corrected chi connectivity index (χ1v) is 7.01. The van der Waals surface area contributed by atoms with Crippen molar-refractivity contribution in [3.8, 4) is 0 Å². The number of hydrogen-bond acceptors (Lipinski definition) is 3. The van der Waals surface area contributed by atoms with E-state index in [1.165, 1.54) is 38.1 Å². The monoisotopic (exact) mass is 265 g/mol. The Morgan fingerprint density at radius 1 is 1.47 bits per heavy atom. The SMILES string of the molecule is CN1CCCC(CCN(C)c2ccc(F)cc2N)C1. The molecule has 0 amide bonds. The number of likely N-dealkylation sites (tertiary alicyclic amines) is 1. The number of nitrogens with zero attached hydrogens (tertiary/aromatic N) is 2. The van der Waals surface area contributed by atoms with Crippen LogP contribution in [0.1, 0.15) is 19.3 Å². The Hall–Kier alpha value is -1.29. The predicted octanol–water partition coefficient (Wildman–Crippen LogP) is 2.58. The van der Waals surface area contributed by atoms with Gasteiger partial charge in [0.1, 0.15) is 5.82 Å². The van der Waals surface area contributed by atoms with Gasteiger partial charge in [-0.3, -0.25) is 0 Å². The van der Waals surface area contributed by atoms with Gasteiger partial charge in [-0.25, -0.2) is 4.39 Å². The van der Waals surface area contributed by atoms with E-state index >= 15 is 0 Å². The van der Waals surface area contributed by atoms with Crippen molar-refractivity contribution in [3.63, 3.8) is 0 Å². The van der Waals surface area contributed by atoms with Crippen molar-refractivity contribution in [3.05, 3.63) is 24.0 Å². The molecule has 1 atom stereocenters. The Morgan fingerprint density at radius 3 is 2.95 bits per heavy atom. The Balaban J connectivity index is 1.88. The van der Waals surface area contributed by atoms with Gasteiger partial charge in [0.15, 0.2) is 0 Å². The van der Waals surface area contributed by atoms with Crippen molar-refractivity contribution in [2.24, 2.45) is 5.92 Å². The highest BCUT2D eigenvalue weighted by Gasteiger charge is 2.17. The van der Waals surface area contributed by atoms with E-state index in [2.05, 4.69) is 16.8 Å². The molecule has 1 saturated heterocycles. The van der Waals surface area contributed by atoms with Crippen LogP contribution in [-0.2, 0) is 0 Å². The number of halogens is 1. The molecule has 1 aromatic carbocycles. The fraction of sp³-hybridized carbons (Fsp3) is 0.600. The summed E-state index contributed by atoms with van der Waals surface area (Å²) in [5, 5.41) is 0. The molecule has 0 radical (unpaired) electrons. The van der Waals surface area contributed by atoms with Crippen LogP contribution in [0.2, 0.25) is 0 Å². The Kier molecular flexibility index (Phi) is 4.64. The minimum Gasteiger partial charge on any atom is -0.397 e. The zero-order valence-corrected chi connectivity index (χ0v) is 11.9. The number of hydrogen-bond donors (Lipinski definition) is 1. The second kappa shape index (κ2) is 6.24. The summed E-state index contributed by atoms with van der Waals surface area (Å²) in [5.74, 6) is 0.492. The topological polar surface area (TPSA) is 32.5 Å². The second-order valence-corrected chi connectivity index (χ2v) is 5.68. The standard InChI is InChI=1S/C15H24FN3/c1-18-8-3-4-12(11-18)7-9-19(2)15-6-5-13(16)10-14(15)17/h5-6,10,12H,3-4,7-9,11,17H2,1-2H3. The Labute approximate surface area is 115 Å². The lowest BCUT2D eigenvalue weighted by molar-refractivity contribution is 0.203. The molecule has 1 aromatic rings. The fourth-order valence-corrected chi connectivity index (χ4v) is 2.88. The van der Waals surface area contributed by atoms with E-state index in [1.54, 1.807) is 6.07 Å². The molecule has 0 aromatic heterocycles. The van der Waals surface area contributed by atoms with Crippen LogP contribution in [0, 0.1) is 11.7 Å². The number of anilines is 2. The van der Waals surface area contributed by atoms with Crippen LogP contribution in [0.25, 0.3) is 0 Å². The highest BCUT2D eigenvalue weighted by atomic mass is 19.1. The normalized spacial score (nSPS) is 20.5. The van der Waals surface area contributed by atoms with Gasteiger partial charge in [0, 0.05) is 20.1 Å². The van der Waals surface area contributed by atoms with E-state index < -0.39 is 0 Å². The third-order valence-electron chi connectivity index (χ3n) is 4.00. The predicted molar refractivity (Wildman–Crippen MR) is 78.9 cm³/mol. The maximum absolute atomic E-state index is 13.0. The lowest BCUT2D eigenvalue weighted by Crippen LogP contribution is -2.34. The molecule has 1 unspecified atom stereocenters. The van der Waals surface area contributed by atoms with Gasteiger partial charge < -0.3 is 15.5 Å². The van der Waals surface area contributed by atoms with Gasteiger partial charge in [-0.1, -0.05) is 0 Å². The average Bonchev–Trinajstić information content (AvgIpc) is 2.36. The number of piperidine rings is 1. The Bertz CT molecular complexity index is 422. The maximum Gasteiger partial charge on any atom is 0.125 e. The van der Waals surface area contributed by atoms with Crippen LogP contribution in [0.4, 0.5) is 15.8 Å². The molecule has 0 spiro atoms. The highest BCUT2D eigenvalue weighted by molar-refractivity contribution is 5.67. The molecule has 1 fully saturated rings. The zero-order valence-electron chi connectivity index (χ0n) is 11.9. The summed E-state index contributed by atoms with van der Waals surface area (Å²) < 4.78 is 13.0. The smallest absolute Gasteiger partial charge is 0.125 e. The minimum absolute atomic E-state index is 0.274. The van der Waals surface area contributed by atoms with Crippen molar-refractivity contribution in [1.29, 1.82) is 0 Å². The molecule has 2 N–H and O–H groups in total. The molecular formula is C15H24FN3. The molecule has 4 heteroatoms. The second-order valence-electron chi connectivity index (χ2n) is 5.68. The van der Waals surface area contributed by atoms with E-state index in [-0.39, 0.29) is 5.82 Å². The van der Waals surface area contributed by atoms with Crippen molar-refractivity contribution in [1.82, 2.24) is 4.90 Å². The summed E-state index contributed by atoms with van der Waals surface area (Å²) in [7, 11) is 4.21. The minimum atomic E-state index is -0.274. The van der Waals surface area contributed by atoms with E-state index in [1.807, 2.05) is 7.05 Å². The van der Waals surface area contributed by atoms with E-state index in [4.69, 9.17) is 5.73 Å². The molecule has 1 aliphatic rings. The van der Waals surface area contributed by atoms with Gasteiger partial charge in [0.2, 0.25) is 0 Å². The summed E-state index contributed by atoms with van der Waals surface area (Å²) in [5.41, 5.74) is 7.30. The van der Waals surface area contributed by atoms with Gasteiger partial charge in [0.05, 0.1) is 11.4 Å². The molecule has 0 bridgehead atoms. The van der Waals surface area contributed by atoms with Gasteiger partial charge in [0.25, 0.3) is 0 Å². The van der Waals surface area contributed by atoms with Crippen LogP contribution >= 0.6 is 0 Å². The maximum atomic E-state index is 13.0. The highest BCUT2D eigenvalue weighted by Crippen LogP contribution is 2.25. The quantitative estimate of drug-likeness (QED) is 0.849. The molecule has 1 heterocycles. The molecule has 1 aliphatic heterocycles.